The van der Waals surface area contributed by atoms with Gasteiger partial charge < -0.3 is 16.0 Å². The van der Waals surface area contributed by atoms with Gasteiger partial charge in [0.25, 0.3) is 0 Å². The number of hydrogen-bond acceptors (Lipinski definition) is 3. The summed E-state index contributed by atoms with van der Waals surface area (Å²) in [6.45, 7) is 7.52. The second-order valence-corrected chi connectivity index (χ2v) is 5.56. The number of benzene rings is 1. The van der Waals surface area contributed by atoms with E-state index in [2.05, 4.69) is 31.1 Å². The third-order valence-electron chi connectivity index (χ3n) is 3.94. The van der Waals surface area contributed by atoms with E-state index in [-0.39, 0.29) is 5.91 Å². The van der Waals surface area contributed by atoms with Gasteiger partial charge in [-0.1, -0.05) is 37.3 Å². The molecule has 0 fully saturated rings. The molecule has 0 saturated heterocycles. The first-order chi connectivity index (χ1) is 9.39. The van der Waals surface area contributed by atoms with Crippen LogP contribution in [0.5, 0.6) is 0 Å². The van der Waals surface area contributed by atoms with Crippen LogP contribution in [0.4, 0.5) is 0 Å². The van der Waals surface area contributed by atoms with Crippen molar-refractivity contribution in [3.05, 3.63) is 35.9 Å². The maximum absolute atomic E-state index is 12.2. The zero-order valence-electron chi connectivity index (χ0n) is 13.0. The van der Waals surface area contributed by atoms with Gasteiger partial charge in [-0.2, -0.15) is 0 Å². The van der Waals surface area contributed by atoms with Gasteiger partial charge in [-0.05, 0) is 32.9 Å². The highest BCUT2D eigenvalue weighted by Gasteiger charge is 2.29. The maximum Gasteiger partial charge on any atom is 0.244 e. The lowest BCUT2D eigenvalue weighted by atomic mass is 9.92. The molecule has 3 N–H and O–H groups in total. The molecule has 0 radical (unpaired) electrons. The maximum atomic E-state index is 12.2. The summed E-state index contributed by atoms with van der Waals surface area (Å²) in [6, 6.07) is 9.98. The minimum Gasteiger partial charge on any atom is -0.353 e. The van der Waals surface area contributed by atoms with Gasteiger partial charge >= 0.3 is 0 Å². The van der Waals surface area contributed by atoms with Crippen LogP contribution in [0.2, 0.25) is 0 Å². The molecule has 1 amide bonds. The van der Waals surface area contributed by atoms with Gasteiger partial charge in [0, 0.05) is 19.1 Å². The van der Waals surface area contributed by atoms with Crippen molar-refractivity contribution in [2.24, 2.45) is 5.73 Å². The molecule has 0 aliphatic carbocycles. The molecule has 2 unspecified atom stereocenters. The predicted octanol–water partition coefficient (Wildman–Crippen LogP) is 1.71. The molecule has 0 bridgehead atoms. The minimum atomic E-state index is -0.990. The minimum absolute atomic E-state index is 0.138. The molecule has 1 aromatic rings. The van der Waals surface area contributed by atoms with Crippen molar-refractivity contribution in [2.75, 3.05) is 20.1 Å². The summed E-state index contributed by atoms with van der Waals surface area (Å²) in [6.07, 6.45) is 1.10. The average molecular weight is 277 g/mol. The Kier molecular flexibility index (Phi) is 6.17. The highest BCUT2D eigenvalue weighted by atomic mass is 16.2. The summed E-state index contributed by atoms with van der Waals surface area (Å²) in [5, 5.41) is 2.93. The van der Waals surface area contributed by atoms with Crippen molar-refractivity contribution in [1.29, 1.82) is 0 Å². The standard InChI is InChI=1S/C16H27N3O/c1-5-13(2)19(4)12-11-18-15(20)16(3,17)14-9-7-6-8-10-14/h6-10,13H,5,11-12,17H2,1-4H3,(H,18,20). The molecule has 2 atom stereocenters. The van der Waals surface area contributed by atoms with Gasteiger partial charge in [0.05, 0.1) is 0 Å². The fraction of sp³-hybridized carbons (Fsp3) is 0.562. The Morgan fingerprint density at radius 3 is 2.55 bits per heavy atom. The number of likely N-dealkylation sites (N-methyl/N-ethyl adjacent to an activating group) is 1. The normalized spacial score (nSPS) is 15.7. The fourth-order valence-corrected chi connectivity index (χ4v) is 1.98. The molecule has 0 aliphatic rings. The number of rotatable bonds is 7. The van der Waals surface area contributed by atoms with Crippen LogP contribution in [0, 0.1) is 0 Å². The van der Waals surface area contributed by atoms with E-state index < -0.39 is 5.54 Å². The Balaban J connectivity index is 2.50. The molecule has 0 saturated carbocycles. The molecule has 0 spiro atoms. The Morgan fingerprint density at radius 2 is 2.00 bits per heavy atom. The highest BCUT2D eigenvalue weighted by molar-refractivity contribution is 5.86. The summed E-state index contributed by atoms with van der Waals surface area (Å²) >= 11 is 0. The first-order valence-corrected chi connectivity index (χ1v) is 7.22. The SMILES string of the molecule is CCC(C)N(C)CCNC(=O)C(C)(N)c1ccccc1. The smallest absolute Gasteiger partial charge is 0.244 e. The van der Waals surface area contributed by atoms with Crippen molar-refractivity contribution in [3.8, 4) is 0 Å². The molecular weight excluding hydrogens is 250 g/mol. The molecule has 0 aliphatic heterocycles. The number of hydrogen-bond donors (Lipinski definition) is 2. The van der Waals surface area contributed by atoms with E-state index in [1.54, 1.807) is 6.92 Å². The lowest BCUT2D eigenvalue weighted by molar-refractivity contribution is -0.126. The number of carbonyl (C=O) groups excluding carboxylic acids is 1. The number of nitrogens with one attached hydrogen (secondary N) is 1. The zero-order chi connectivity index (χ0) is 15.2. The van der Waals surface area contributed by atoms with Crippen molar-refractivity contribution in [3.63, 3.8) is 0 Å². The molecule has 20 heavy (non-hydrogen) atoms. The second kappa shape index (κ2) is 7.41. The van der Waals surface area contributed by atoms with E-state index in [4.69, 9.17) is 5.73 Å². The van der Waals surface area contributed by atoms with Gasteiger partial charge in [-0.25, -0.2) is 0 Å². The van der Waals surface area contributed by atoms with Gasteiger partial charge in [0.15, 0.2) is 0 Å². The zero-order valence-corrected chi connectivity index (χ0v) is 13.0. The van der Waals surface area contributed by atoms with E-state index in [9.17, 15) is 4.79 Å². The Hall–Kier alpha value is -1.39. The van der Waals surface area contributed by atoms with E-state index in [1.165, 1.54) is 0 Å². The molecular formula is C16H27N3O. The first kappa shape index (κ1) is 16.7. The third-order valence-corrected chi connectivity index (χ3v) is 3.94. The number of nitrogens with two attached hydrogens (primary N) is 1. The summed E-state index contributed by atoms with van der Waals surface area (Å²) in [4.78, 5) is 14.5. The molecule has 1 aromatic carbocycles. The van der Waals surface area contributed by atoms with Gasteiger partial charge in [0.1, 0.15) is 5.54 Å². The average Bonchev–Trinajstić information content (AvgIpc) is 2.46. The summed E-state index contributed by atoms with van der Waals surface area (Å²) in [5.74, 6) is -0.138. The van der Waals surface area contributed by atoms with Crippen LogP contribution in [-0.4, -0.2) is 37.0 Å². The van der Waals surface area contributed by atoms with Crippen molar-refractivity contribution < 1.29 is 4.79 Å². The van der Waals surface area contributed by atoms with Gasteiger partial charge in [-0.3, -0.25) is 4.79 Å². The molecule has 4 heteroatoms. The van der Waals surface area contributed by atoms with Crippen LogP contribution in [0.25, 0.3) is 0 Å². The van der Waals surface area contributed by atoms with E-state index in [0.717, 1.165) is 18.5 Å². The molecule has 0 heterocycles. The van der Waals surface area contributed by atoms with Crippen LogP contribution in [0.3, 0.4) is 0 Å². The van der Waals surface area contributed by atoms with Crippen molar-refractivity contribution >= 4 is 5.91 Å². The van der Waals surface area contributed by atoms with Crippen molar-refractivity contribution in [2.45, 2.75) is 38.8 Å². The van der Waals surface area contributed by atoms with Gasteiger partial charge in [-0.15, -0.1) is 0 Å². The molecule has 4 nitrogen and oxygen atoms in total. The number of nitrogens with zero attached hydrogens (tertiary/aromatic N) is 1. The van der Waals surface area contributed by atoms with E-state index in [1.807, 2.05) is 30.3 Å². The van der Waals surface area contributed by atoms with Gasteiger partial charge in [0.2, 0.25) is 5.91 Å². The number of amides is 1. The summed E-state index contributed by atoms with van der Waals surface area (Å²) in [5.41, 5.74) is 6.00. The summed E-state index contributed by atoms with van der Waals surface area (Å²) in [7, 11) is 2.07. The second-order valence-electron chi connectivity index (χ2n) is 5.56. The van der Waals surface area contributed by atoms with Crippen LogP contribution in [0.1, 0.15) is 32.8 Å². The Labute approximate surface area is 122 Å². The molecule has 112 valence electrons. The van der Waals surface area contributed by atoms with Crippen molar-refractivity contribution in [1.82, 2.24) is 10.2 Å². The van der Waals surface area contributed by atoms with E-state index >= 15 is 0 Å². The summed E-state index contributed by atoms with van der Waals surface area (Å²) < 4.78 is 0. The quantitative estimate of drug-likeness (QED) is 0.797. The fourth-order valence-electron chi connectivity index (χ4n) is 1.98. The largest absolute Gasteiger partial charge is 0.353 e. The number of carbonyl (C=O) groups is 1. The first-order valence-electron chi connectivity index (χ1n) is 7.22. The Morgan fingerprint density at radius 1 is 1.40 bits per heavy atom. The van der Waals surface area contributed by atoms with Crippen LogP contribution >= 0.6 is 0 Å². The third kappa shape index (κ3) is 4.32. The van der Waals surface area contributed by atoms with Crippen LogP contribution in [-0.2, 0) is 10.3 Å². The topological polar surface area (TPSA) is 58.4 Å². The molecule has 1 rings (SSSR count). The predicted molar refractivity (Wildman–Crippen MR) is 83.4 cm³/mol. The monoisotopic (exact) mass is 277 g/mol. The highest BCUT2D eigenvalue weighted by Crippen LogP contribution is 2.17. The lowest BCUT2D eigenvalue weighted by Gasteiger charge is -2.26. The Bertz CT molecular complexity index is 417. The van der Waals surface area contributed by atoms with Crippen LogP contribution < -0.4 is 11.1 Å². The van der Waals surface area contributed by atoms with Crippen LogP contribution in [0.15, 0.2) is 30.3 Å². The molecule has 0 aromatic heterocycles. The lowest BCUT2D eigenvalue weighted by Crippen LogP contribution is -2.50. The van der Waals surface area contributed by atoms with E-state index in [0.29, 0.717) is 12.6 Å².